The van der Waals surface area contributed by atoms with E-state index in [4.69, 9.17) is 5.26 Å². The molecular formula is C12H18N4O3. The van der Waals surface area contributed by atoms with Crippen molar-refractivity contribution in [1.29, 1.82) is 5.26 Å². The van der Waals surface area contributed by atoms with E-state index in [1.807, 2.05) is 0 Å². The summed E-state index contributed by atoms with van der Waals surface area (Å²) in [4.78, 5) is 35.4. The van der Waals surface area contributed by atoms with Gasteiger partial charge in [-0.1, -0.05) is 0 Å². The highest BCUT2D eigenvalue weighted by Gasteiger charge is 2.26. The van der Waals surface area contributed by atoms with Crippen LogP contribution in [0.2, 0.25) is 0 Å². The normalized spacial score (nSPS) is 15.5. The fourth-order valence-electron chi connectivity index (χ4n) is 1.97. The SMILES string of the molecule is CC(=O)NCC1CCN(C(=O)C(=O)NCC#N)CC1. The molecule has 1 aliphatic heterocycles. The van der Waals surface area contributed by atoms with Crippen LogP contribution in [-0.2, 0) is 14.4 Å². The molecule has 0 spiro atoms. The van der Waals surface area contributed by atoms with Gasteiger partial charge >= 0.3 is 11.8 Å². The monoisotopic (exact) mass is 266 g/mol. The third-order valence-corrected chi connectivity index (χ3v) is 3.06. The zero-order valence-corrected chi connectivity index (χ0v) is 10.9. The molecule has 0 aromatic carbocycles. The second kappa shape index (κ2) is 7.36. The fraction of sp³-hybridized carbons (Fsp3) is 0.667. The van der Waals surface area contributed by atoms with Gasteiger partial charge in [0, 0.05) is 26.6 Å². The van der Waals surface area contributed by atoms with Crippen molar-refractivity contribution in [3.05, 3.63) is 0 Å². The van der Waals surface area contributed by atoms with Gasteiger partial charge in [0.25, 0.3) is 0 Å². The molecule has 0 saturated carbocycles. The van der Waals surface area contributed by atoms with Gasteiger partial charge in [-0.2, -0.15) is 5.26 Å². The van der Waals surface area contributed by atoms with Crippen LogP contribution in [0.4, 0.5) is 0 Å². The number of hydrogen-bond acceptors (Lipinski definition) is 4. The van der Waals surface area contributed by atoms with E-state index in [0.717, 1.165) is 12.8 Å². The third kappa shape index (κ3) is 4.95. The minimum atomic E-state index is -0.734. The van der Waals surface area contributed by atoms with E-state index in [-0.39, 0.29) is 12.5 Å². The Hall–Kier alpha value is -2.10. The lowest BCUT2D eigenvalue weighted by molar-refractivity contribution is -0.146. The van der Waals surface area contributed by atoms with Crippen LogP contribution < -0.4 is 10.6 Å². The van der Waals surface area contributed by atoms with E-state index >= 15 is 0 Å². The molecule has 3 amide bonds. The van der Waals surface area contributed by atoms with Crippen molar-refractivity contribution in [1.82, 2.24) is 15.5 Å². The van der Waals surface area contributed by atoms with Gasteiger partial charge in [-0.05, 0) is 18.8 Å². The van der Waals surface area contributed by atoms with Gasteiger partial charge in [0.05, 0.1) is 6.07 Å². The van der Waals surface area contributed by atoms with Gasteiger partial charge < -0.3 is 15.5 Å². The Bertz CT molecular complexity index is 394. The van der Waals surface area contributed by atoms with Crippen LogP contribution in [0.1, 0.15) is 19.8 Å². The van der Waals surface area contributed by atoms with Crippen LogP contribution in [0.25, 0.3) is 0 Å². The van der Waals surface area contributed by atoms with Crippen molar-refractivity contribution in [2.45, 2.75) is 19.8 Å². The Morgan fingerprint density at radius 1 is 1.26 bits per heavy atom. The Morgan fingerprint density at radius 3 is 2.42 bits per heavy atom. The maximum atomic E-state index is 11.7. The number of hydrogen-bond donors (Lipinski definition) is 2. The van der Waals surface area contributed by atoms with E-state index in [2.05, 4.69) is 10.6 Å². The molecule has 1 rings (SSSR count). The van der Waals surface area contributed by atoms with Gasteiger partial charge in [-0.15, -0.1) is 0 Å². The van der Waals surface area contributed by atoms with Crippen LogP contribution in [-0.4, -0.2) is 48.8 Å². The van der Waals surface area contributed by atoms with Crippen LogP contribution in [0.5, 0.6) is 0 Å². The number of likely N-dealkylation sites (tertiary alicyclic amines) is 1. The van der Waals surface area contributed by atoms with Crippen molar-refractivity contribution < 1.29 is 14.4 Å². The minimum Gasteiger partial charge on any atom is -0.356 e. The first-order valence-corrected chi connectivity index (χ1v) is 6.23. The van der Waals surface area contributed by atoms with Crippen molar-refractivity contribution >= 4 is 17.7 Å². The summed E-state index contributed by atoms with van der Waals surface area (Å²) in [5.41, 5.74) is 0. The molecule has 7 nitrogen and oxygen atoms in total. The van der Waals surface area contributed by atoms with Gasteiger partial charge in [0.1, 0.15) is 6.54 Å². The minimum absolute atomic E-state index is 0.0608. The second-order valence-corrected chi connectivity index (χ2v) is 4.51. The summed E-state index contributed by atoms with van der Waals surface area (Å²) < 4.78 is 0. The average molecular weight is 266 g/mol. The number of carbonyl (C=O) groups is 3. The number of nitrogens with one attached hydrogen (secondary N) is 2. The van der Waals surface area contributed by atoms with E-state index in [9.17, 15) is 14.4 Å². The molecule has 0 aromatic heterocycles. The van der Waals surface area contributed by atoms with E-state index in [1.54, 1.807) is 6.07 Å². The highest BCUT2D eigenvalue weighted by molar-refractivity contribution is 6.35. The fourth-order valence-corrected chi connectivity index (χ4v) is 1.97. The largest absolute Gasteiger partial charge is 0.356 e. The van der Waals surface area contributed by atoms with E-state index in [1.165, 1.54) is 11.8 Å². The molecular weight excluding hydrogens is 248 g/mol. The Balaban J connectivity index is 2.33. The van der Waals surface area contributed by atoms with Crippen molar-refractivity contribution in [2.75, 3.05) is 26.2 Å². The van der Waals surface area contributed by atoms with Gasteiger partial charge in [-0.3, -0.25) is 14.4 Å². The summed E-state index contributed by atoms with van der Waals surface area (Å²) in [6.45, 7) is 2.92. The number of nitrogens with zero attached hydrogens (tertiary/aromatic N) is 2. The molecule has 0 atom stereocenters. The first kappa shape index (κ1) is 15.0. The average Bonchev–Trinajstić information content (AvgIpc) is 2.42. The molecule has 0 unspecified atom stereocenters. The highest BCUT2D eigenvalue weighted by Crippen LogP contribution is 2.16. The predicted molar refractivity (Wildman–Crippen MR) is 66.6 cm³/mol. The molecule has 1 saturated heterocycles. The molecule has 104 valence electrons. The van der Waals surface area contributed by atoms with Crippen molar-refractivity contribution in [3.8, 4) is 6.07 Å². The molecule has 0 aliphatic carbocycles. The summed E-state index contributed by atoms with van der Waals surface area (Å²) in [5, 5.41) is 13.3. The molecule has 1 aliphatic rings. The van der Waals surface area contributed by atoms with Crippen LogP contribution in [0.15, 0.2) is 0 Å². The second-order valence-electron chi connectivity index (χ2n) is 4.51. The molecule has 19 heavy (non-hydrogen) atoms. The Morgan fingerprint density at radius 2 is 1.89 bits per heavy atom. The van der Waals surface area contributed by atoms with Gasteiger partial charge in [0.15, 0.2) is 0 Å². The summed E-state index contributed by atoms with van der Waals surface area (Å²) in [6, 6.07) is 1.75. The van der Waals surface area contributed by atoms with E-state index in [0.29, 0.717) is 25.6 Å². The maximum Gasteiger partial charge on any atom is 0.311 e. The number of piperidine rings is 1. The van der Waals surface area contributed by atoms with Crippen molar-refractivity contribution in [2.24, 2.45) is 5.92 Å². The Kier molecular flexibility index (Phi) is 5.79. The topological polar surface area (TPSA) is 102 Å². The first-order chi connectivity index (χ1) is 9.04. The molecule has 7 heteroatoms. The van der Waals surface area contributed by atoms with E-state index < -0.39 is 11.8 Å². The Labute approximate surface area is 111 Å². The van der Waals surface area contributed by atoms with Crippen LogP contribution in [0, 0.1) is 17.2 Å². The predicted octanol–water partition coefficient (Wildman–Crippen LogP) is -0.999. The molecule has 0 aromatic rings. The molecule has 0 radical (unpaired) electrons. The van der Waals surface area contributed by atoms with Gasteiger partial charge in [0.2, 0.25) is 5.91 Å². The quantitative estimate of drug-likeness (QED) is 0.505. The molecule has 1 heterocycles. The van der Waals surface area contributed by atoms with Gasteiger partial charge in [-0.25, -0.2) is 0 Å². The summed E-state index contributed by atoms with van der Waals surface area (Å²) in [7, 11) is 0. The first-order valence-electron chi connectivity index (χ1n) is 6.23. The molecule has 2 N–H and O–H groups in total. The maximum absolute atomic E-state index is 11.7. The standard InChI is InChI=1S/C12H18N4O3/c1-9(17)15-8-10-2-6-16(7-3-10)12(19)11(18)14-5-4-13/h10H,2-3,5-8H2,1H3,(H,14,18)(H,15,17). The van der Waals surface area contributed by atoms with Crippen LogP contribution >= 0.6 is 0 Å². The lowest BCUT2D eigenvalue weighted by atomic mass is 9.96. The summed E-state index contributed by atoms with van der Waals surface area (Å²) >= 11 is 0. The number of carbonyl (C=O) groups excluding carboxylic acids is 3. The lowest BCUT2D eigenvalue weighted by Crippen LogP contribution is -2.47. The smallest absolute Gasteiger partial charge is 0.311 e. The number of nitriles is 1. The summed E-state index contributed by atoms with van der Waals surface area (Å²) in [6.07, 6.45) is 1.52. The third-order valence-electron chi connectivity index (χ3n) is 3.06. The highest BCUT2D eigenvalue weighted by atomic mass is 16.2. The molecule has 0 bridgehead atoms. The summed E-state index contributed by atoms with van der Waals surface area (Å²) in [5.74, 6) is -1.04. The number of rotatable bonds is 3. The zero-order chi connectivity index (χ0) is 14.3. The molecule has 1 fully saturated rings. The van der Waals surface area contributed by atoms with Crippen LogP contribution in [0.3, 0.4) is 0 Å². The van der Waals surface area contributed by atoms with Crippen molar-refractivity contribution in [3.63, 3.8) is 0 Å². The number of amides is 3. The zero-order valence-electron chi connectivity index (χ0n) is 10.9. The lowest BCUT2D eigenvalue weighted by Gasteiger charge is -2.31.